The van der Waals surface area contributed by atoms with Crippen molar-refractivity contribution in [2.75, 3.05) is 6.61 Å². The van der Waals surface area contributed by atoms with E-state index in [0.717, 1.165) is 54.2 Å². The van der Waals surface area contributed by atoms with Crippen molar-refractivity contribution in [1.29, 1.82) is 0 Å². The van der Waals surface area contributed by atoms with Crippen molar-refractivity contribution in [2.45, 2.75) is 25.5 Å². The fourth-order valence-corrected chi connectivity index (χ4v) is 3.25. The third-order valence-electron chi connectivity index (χ3n) is 4.45. The number of carbonyl (C=O) groups excluding carboxylic acids is 1. The molecule has 2 aromatic carbocycles. The largest absolute Gasteiger partial charge is 0.508 e. The van der Waals surface area contributed by atoms with Crippen LogP contribution in [0.1, 0.15) is 36.0 Å². The standard InChI is InChI=1S/C19H18N2O3/c22-12-17-16-11-14(13-4-3-5-15(23)10-13)7-8-18(16)21(20-17)19-6-1-2-9-24-19/h3-5,7-8,10-12,19,23H,1-2,6,9H2. The van der Waals surface area contributed by atoms with E-state index in [1.165, 1.54) is 0 Å². The maximum Gasteiger partial charge on any atom is 0.170 e. The molecule has 1 saturated heterocycles. The summed E-state index contributed by atoms with van der Waals surface area (Å²) in [5.74, 6) is 0.217. The van der Waals surface area contributed by atoms with Gasteiger partial charge >= 0.3 is 0 Å². The van der Waals surface area contributed by atoms with E-state index < -0.39 is 0 Å². The zero-order valence-electron chi connectivity index (χ0n) is 13.2. The first-order valence-electron chi connectivity index (χ1n) is 8.15. The lowest BCUT2D eigenvalue weighted by atomic mass is 10.0. The first kappa shape index (κ1) is 14.9. The Hall–Kier alpha value is -2.66. The summed E-state index contributed by atoms with van der Waals surface area (Å²) in [6, 6.07) is 13.0. The molecular formula is C19H18N2O3. The molecule has 0 radical (unpaired) electrons. The number of rotatable bonds is 3. The van der Waals surface area contributed by atoms with Crippen molar-refractivity contribution in [3.8, 4) is 16.9 Å². The van der Waals surface area contributed by atoms with Gasteiger partial charge in [0.05, 0.1) is 5.52 Å². The Kier molecular flexibility index (Phi) is 3.78. The first-order valence-corrected chi connectivity index (χ1v) is 8.15. The van der Waals surface area contributed by atoms with Gasteiger partial charge in [-0.2, -0.15) is 5.10 Å². The third kappa shape index (κ3) is 2.57. The highest BCUT2D eigenvalue weighted by atomic mass is 16.5. The van der Waals surface area contributed by atoms with Crippen LogP contribution >= 0.6 is 0 Å². The van der Waals surface area contributed by atoms with Gasteiger partial charge in [-0.05, 0) is 54.7 Å². The van der Waals surface area contributed by atoms with Crippen LogP contribution in [-0.2, 0) is 4.74 Å². The van der Waals surface area contributed by atoms with E-state index in [2.05, 4.69) is 5.10 Å². The molecule has 1 fully saturated rings. The Labute approximate surface area is 139 Å². The van der Waals surface area contributed by atoms with Gasteiger partial charge in [0.2, 0.25) is 0 Å². The lowest BCUT2D eigenvalue weighted by Crippen LogP contribution is -2.19. The summed E-state index contributed by atoms with van der Waals surface area (Å²) < 4.78 is 7.64. The number of hydrogen-bond acceptors (Lipinski definition) is 4. The van der Waals surface area contributed by atoms with Crippen molar-refractivity contribution in [3.63, 3.8) is 0 Å². The van der Waals surface area contributed by atoms with Crippen LogP contribution in [0.4, 0.5) is 0 Å². The molecule has 0 saturated carbocycles. The number of hydrogen-bond donors (Lipinski definition) is 1. The van der Waals surface area contributed by atoms with Gasteiger partial charge in [0.1, 0.15) is 11.4 Å². The SMILES string of the molecule is O=Cc1nn(C2CCCCO2)c2ccc(-c3cccc(O)c3)cc12. The van der Waals surface area contributed by atoms with Gasteiger partial charge in [-0.1, -0.05) is 18.2 Å². The second-order valence-electron chi connectivity index (χ2n) is 6.05. The van der Waals surface area contributed by atoms with Gasteiger partial charge in [0, 0.05) is 12.0 Å². The van der Waals surface area contributed by atoms with Crippen molar-refractivity contribution >= 4 is 17.2 Å². The topological polar surface area (TPSA) is 64.4 Å². The van der Waals surface area contributed by atoms with Crippen LogP contribution in [0.5, 0.6) is 5.75 Å². The number of aromatic nitrogens is 2. The minimum absolute atomic E-state index is 0.110. The molecule has 4 rings (SSSR count). The van der Waals surface area contributed by atoms with Crippen molar-refractivity contribution in [3.05, 3.63) is 48.2 Å². The van der Waals surface area contributed by atoms with E-state index >= 15 is 0 Å². The Bertz CT molecular complexity index is 895. The van der Waals surface area contributed by atoms with Gasteiger partial charge in [0.15, 0.2) is 12.5 Å². The predicted octanol–water partition coefficient (Wildman–Crippen LogP) is 3.92. The highest BCUT2D eigenvalue weighted by Gasteiger charge is 2.21. The zero-order chi connectivity index (χ0) is 16.5. The van der Waals surface area contributed by atoms with E-state index in [4.69, 9.17) is 4.74 Å². The number of aldehydes is 1. The molecule has 122 valence electrons. The van der Waals surface area contributed by atoms with Crippen LogP contribution in [0.2, 0.25) is 0 Å². The maximum absolute atomic E-state index is 11.5. The van der Waals surface area contributed by atoms with Gasteiger partial charge in [-0.25, -0.2) is 4.68 Å². The molecule has 5 heteroatoms. The Morgan fingerprint density at radius 3 is 2.79 bits per heavy atom. The smallest absolute Gasteiger partial charge is 0.170 e. The molecule has 1 N–H and O–H groups in total. The van der Waals surface area contributed by atoms with Crippen molar-refractivity contribution in [1.82, 2.24) is 9.78 Å². The number of ether oxygens (including phenoxy) is 1. The summed E-state index contributed by atoms with van der Waals surface area (Å²) in [6.07, 6.45) is 3.75. The highest BCUT2D eigenvalue weighted by Crippen LogP contribution is 2.31. The van der Waals surface area contributed by atoms with E-state index in [1.54, 1.807) is 18.2 Å². The minimum Gasteiger partial charge on any atom is -0.508 e. The molecule has 1 unspecified atom stereocenters. The second kappa shape index (κ2) is 6.09. The number of aromatic hydroxyl groups is 1. The Balaban J connectivity index is 1.83. The van der Waals surface area contributed by atoms with E-state index in [9.17, 15) is 9.90 Å². The van der Waals surface area contributed by atoms with Crippen molar-refractivity contribution < 1.29 is 14.6 Å². The van der Waals surface area contributed by atoms with Crippen LogP contribution in [0, 0.1) is 0 Å². The second-order valence-corrected chi connectivity index (χ2v) is 6.05. The average Bonchev–Trinajstić information content (AvgIpc) is 3.00. The average molecular weight is 322 g/mol. The number of fused-ring (bicyclic) bond motifs is 1. The predicted molar refractivity (Wildman–Crippen MR) is 91.1 cm³/mol. The molecule has 1 aliphatic heterocycles. The Morgan fingerprint density at radius 1 is 1.17 bits per heavy atom. The summed E-state index contributed by atoms with van der Waals surface area (Å²) in [4.78, 5) is 11.5. The van der Waals surface area contributed by atoms with E-state index in [0.29, 0.717) is 5.69 Å². The number of benzene rings is 2. The molecule has 24 heavy (non-hydrogen) atoms. The van der Waals surface area contributed by atoms with Crippen LogP contribution in [0.3, 0.4) is 0 Å². The van der Waals surface area contributed by atoms with E-state index in [-0.39, 0.29) is 12.0 Å². The summed E-state index contributed by atoms with van der Waals surface area (Å²) >= 11 is 0. The lowest BCUT2D eigenvalue weighted by molar-refractivity contribution is -0.0367. The molecule has 0 spiro atoms. The molecule has 3 aromatic rings. The third-order valence-corrected chi connectivity index (χ3v) is 4.45. The van der Waals surface area contributed by atoms with Gasteiger partial charge in [-0.3, -0.25) is 4.79 Å². The van der Waals surface area contributed by atoms with Crippen LogP contribution in [-0.4, -0.2) is 27.8 Å². The molecule has 1 aromatic heterocycles. The maximum atomic E-state index is 11.5. The normalized spacial score (nSPS) is 17.9. The molecule has 5 nitrogen and oxygen atoms in total. The van der Waals surface area contributed by atoms with Gasteiger partial charge in [-0.15, -0.1) is 0 Å². The van der Waals surface area contributed by atoms with Crippen LogP contribution < -0.4 is 0 Å². The fourth-order valence-electron chi connectivity index (χ4n) is 3.25. The first-order chi connectivity index (χ1) is 11.8. The molecule has 0 bridgehead atoms. The van der Waals surface area contributed by atoms with Gasteiger partial charge in [0.25, 0.3) is 0 Å². The lowest BCUT2D eigenvalue weighted by Gasteiger charge is -2.23. The Morgan fingerprint density at radius 2 is 2.04 bits per heavy atom. The zero-order valence-corrected chi connectivity index (χ0v) is 13.2. The van der Waals surface area contributed by atoms with Gasteiger partial charge < -0.3 is 9.84 Å². The molecule has 1 atom stereocenters. The summed E-state index contributed by atoms with van der Waals surface area (Å²) in [6.45, 7) is 0.726. The quantitative estimate of drug-likeness (QED) is 0.742. The number of phenols is 1. The highest BCUT2D eigenvalue weighted by molar-refractivity contribution is 5.97. The van der Waals surface area contributed by atoms with Crippen molar-refractivity contribution in [2.24, 2.45) is 0 Å². The summed E-state index contributed by atoms with van der Waals surface area (Å²) in [7, 11) is 0. The number of carbonyl (C=O) groups is 1. The number of nitrogens with zero attached hydrogens (tertiary/aromatic N) is 2. The summed E-state index contributed by atoms with van der Waals surface area (Å²) in [5, 5.41) is 14.9. The van der Waals surface area contributed by atoms with Crippen LogP contribution in [0.25, 0.3) is 22.0 Å². The molecule has 2 heterocycles. The molecule has 0 aliphatic carbocycles. The van der Waals surface area contributed by atoms with E-state index in [1.807, 2.05) is 28.9 Å². The van der Waals surface area contributed by atoms with Crippen LogP contribution in [0.15, 0.2) is 42.5 Å². The molecule has 0 amide bonds. The monoisotopic (exact) mass is 322 g/mol. The fraction of sp³-hybridized carbons (Fsp3) is 0.263. The summed E-state index contributed by atoms with van der Waals surface area (Å²) in [5.41, 5.74) is 3.15. The number of phenolic OH excluding ortho intramolecular Hbond substituents is 1. The molecule has 1 aliphatic rings. The molecular weight excluding hydrogens is 304 g/mol. The minimum atomic E-state index is -0.110.